The maximum absolute atomic E-state index is 5.46. The van der Waals surface area contributed by atoms with Crippen molar-refractivity contribution in [3.05, 3.63) is 10.4 Å². The summed E-state index contributed by atoms with van der Waals surface area (Å²) in [4.78, 5) is 4.10. The molecule has 0 spiro atoms. The standard InChI is InChI=1S/C7H12N2OS/c1-3-10-5(2)7-9-6(8)4-11-7/h4-5H,3,8H2,1-2H3. The molecule has 0 amide bonds. The summed E-state index contributed by atoms with van der Waals surface area (Å²) >= 11 is 1.54. The Bertz CT molecular complexity index is 224. The van der Waals surface area contributed by atoms with Gasteiger partial charge in [0, 0.05) is 12.0 Å². The van der Waals surface area contributed by atoms with Crippen LogP contribution in [0.1, 0.15) is 25.0 Å². The number of aromatic nitrogens is 1. The number of nitrogen functional groups attached to an aromatic ring is 1. The molecule has 0 aliphatic rings. The van der Waals surface area contributed by atoms with Crippen molar-refractivity contribution in [2.45, 2.75) is 20.0 Å². The number of hydrogen-bond acceptors (Lipinski definition) is 4. The average Bonchev–Trinajstić information content (AvgIpc) is 2.36. The molecule has 1 aromatic heterocycles. The number of hydrogen-bond donors (Lipinski definition) is 1. The lowest BCUT2D eigenvalue weighted by molar-refractivity contribution is 0.0763. The van der Waals surface area contributed by atoms with Crippen LogP contribution in [0.15, 0.2) is 5.38 Å². The first-order valence-corrected chi connectivity index (χ1v) is 4.44. The highest BCUT2D eigenvalue weighted by atomic mass is 32.1. The van der Waals surface area contributed by atoms with Crippen molar-refractivity contribution in [3.8, 4) is 0 Å². The second-order valence-corrected chi connectivity index (χ2v) is 3.10. The van der Waals surface area contributed by atoms with Crippen LogP contribution in [0.4, 0.5) is 5.82 Å². The Labute approximate surface area is 70.2 Å². The predicted molar refractivity (Wildman–Crippen MR) is 46.6 cm³/mol. The summed E-state index contributed by atoms with van der Waals surface area (Å²) < 4.78 is 5.33. The van der Waals surface area contributed by atoms with E-state index in [4.69, 9.17) is 10.5 Å². The molecule has 62 valence electrons. The summed E-state index contributed by atoms with van der Waals surface area (Å²) in [5, 5.41) is 2.77. The summed E-state index contributed by atoms with van der Waals surface area (Å²) in [6.07, 6.45) is 0.0716. The van der Waals surface area contributed by atoms with E-state index in [0.717, 1.165) is 5.01 Å². The number of rotatable bonds is 3. The first-order chi connectivity index (χ1) is 5.24. The maximum atomic E-state index is 5.46. The van der Waals surface area contributed by atoms with Crippen molar-refractivity contribution in [2.24, 2.45) is 0 Å². The van der Waals surface area contributed by atoms with Crippen molar-refractivity contribution in [1.82, 2.24) is 4.98 Å². The van der Waals surface area contributed by atoms with E-state index in [-0.39, 0.29) is 6.10 Å². The maximum Gasteiger partial charge on any atom is 0.134 e. The van der Waals surface area contributed by atoms with Crippen LogP contribution in [-0.4, -0.2) is 11.6 Å². The third-order valence-electron chi connectivity index (χ3n) is 1.30. The molecule has 1 atom stereocenters. The molecule has 0 radical (unpaired) electrons. The fraction of sp³-hybridized carbons (Fsp3) is 0.571. The number of thiazole rings is 1. The fourth-order valence-corrected chi connectivity index (χ4v) is 1.52. The zero-order valence-corrected chi connectivity index (χ0v) is 7.52. The van der Waals surface area contributed by atoms with Crippen molar-refractivity contribution in [3.63, 3.8) is 0 Å². The molecule has 11 heavy (non-hydrogen) atoms. The Hall–Kier alpha value is -0.610. The smallest absolute Gasteiger partial charge is 0.134 e. The highest BCUT2D eigenvalue weighted by Gasteiger charge is 2.07. The first-order valence-electron chi connectivity index (χ1n) is 3.56. The Morgan fingerprint density at radius 2 is 2.55 bits per heavy atom. The minimum Gasteiger partial charge on any atom is -0.383 e. The van der Waals surface area contributed by atoms with E-state index in [9.17, 15) is 0 Å². The van der Waals surface area contributed by atoms with Crippen molar-refractivity contribution in [1.29, 1.82) is 0 Å². The number of anilines is 1. The molecule has 0 saturated carbocycles. The van der Waals surface area contributed by atoms with Gasteiger partial charge in [-0.05, 0) is 13.8 Å². The van der Waals surface area contributed by atoms with Gasteiger partial charge in [0.1, 0.15) is 16.9 Å². The van der Waals surface area contributed by atoms with Crippen LogP contribution in [0.3, 0.4) is 0 Å². The van der Waals surface area contributed by atoms with E-state index in [1.54, 1.807) is 0 Å². The molecule has 0 saturated heterocycles. The van der Waals surface area contributed by atoms with Crippen LogP contribution in [0.2, 0.25) is 0 Å². The minimum atomic E-state index is 0.0716. The van der Waals surface area contributed by atoms with E-state index in [1.807, 2.05) is 19.2 Å². The lowest BCUT2D eigenvalue weighted by atomic mass is 10.4. The van der Waals surface area contributed by atoms with Gasteiger partial charge >= 0.3 is 0 Å². The van der Waals surface area contributed by atoms with Crippen molar-refractivity contribution >= 4 is 17.2 Å². The second kappa shape index (κ2) is 3.69. The minimum absolute atomic E-state index is 0.0716. The largest absolute Gasteiger partial charge is 0.383 e. The van der Waals surface area contributed by atoms with E-state index in [0.29, 0.717) is 12.4 Å². The Kier molecular flexibility index (Phi) is 2.84. The Balaban J connectivity index is 2.60. The highest BCUT2D eigenvalue weighted by molar-refractivity contribution is 7.10. The lowest BCUT2D eigenvalue weighted by Gasteiger charge is -2.06. The van der Waals surface area contributed by atoms with Gasteiger partial charge < -0.3 is 10.5 Å². The molecule has 1 heterocycles. The van der Waals surface area contributed by atoms with Crippen LogP contribution in [0, 0.1) is 0 Å². The SMILES string of the molecule is CCOC(C)c1nc(N)cs1. The molecule has 0 fully saturated rings. The number of ether oxygens (including phenoxy) is 1. The third kappa shape index (κ3) is 2.17. The average molecular weight is 172 g/mol. The van der Waals surface area contributed by atoms with Gasteiger partial charge in [-0.3, -0.25) is 0 Å². The Morgan fingerprint density at radius 1 is 1.82 bits per heavy atom. The molecule has 1 aromatic rings. The summed E-state index contributed by atoms with van der Waals surface area (Å²) in [6, 6.07) is 0. The van der Waals surface area contributed by atoms with E-state index in [1.165, 1.54) is 11.3 Å². The van der Waals surface area contributed by atoms with Crippen LogP contribution in [-0.2, 0) is 4.74 Å². The van der Waals surface area contributed by atoms with Gasteiger partial charge in [0.2, 0.25) is 0 Å². The van der Waals surface area contributed by atoms with Crippen molar-refractivity contribution in [2.75, 3.05) is 12.3 Å². The zero-order chi connectivity index (χ0) is 8.27. The van der Waals surface area contributed by atoms with Gasteiger partial charge in [-0.2, -0.15) is 0 Å². The molecule has 1 unspecified atom stereocenters. The van der Waals surface area contributed by atoms with E-state index in [2.05, 4.69) is 4.98 Å². The van der Waals surface area contributed by atoms with Crippen LogP contribution in [0.5, 0.6) is 0 Å². The molecule has 1 rings (SSSR count). The summed E-state index contributed by atoms with van der Waals surface area (Å²) in [6.45, 7) is 4.65. The van der Waals surface area contributed by atoms with Crippen LogP contribution in [0.25, 0.3) is 0 Å². The molecular weight excluding hydrogens is 160 g/mol. The summed E-state index contributed by atoms with van der Waals surface area (Å²) in [5.74, 6) is 0.580. The first kappa shape index (κ1) is 8.49. The topological polar surface area (TPSA) is 48.1 Å². The van der Waals surface area contributed by atoms with Gasteiger partial charge in [0.15, 0.2) is 0 Å². The molecule has 0 aromatic carbocycles. The number of nitrogens with zero attached hydrogens (tertiary/aromatic N) is 1. The Morgan fingerprint density at radius 3 is 3.00 bits per heavy atom. The van der Waals surface area contributed by atoms with E-state index < -0.39 is 0 Å². The van der Waals surface area contributed by atoms with Gasteiger partial charge in [-0.15, -0.1) is 11.3 Å². The normalized spacial score (nSPS) is 13.3. The molecule has 0 bridgehead atoms. The fourth-order valence-electron chi connectivity index (χ4n) is 0.809. The van der Waals surface area contributed by atoms with Gasteiger partial charge in [0.25, 0.3) is 0 Å². The molecule has 2 N–H and O–H groups in total. The second-order valence-electron chi connectivity index (χ2n) is 2.21. The molecule has 3 nitrogen and oxygen atoms in total. The van der Waals surface area contributed by atoms with Gasteiger partial charge in [-0.25, -0.2) is 4.98 Å². The summed E-state index contributed by atoms with van der Waals surface area (Å²) in [7, 11) is 0. The van der Waals surface area contributed by atoms with Crippen molar-refractivity contribution < 1.29 is 4.74 Å². The zero-order valence-electron chi connectivity index (χ0n) is 6.70. The molecular formula is C7H12N2OS. The van der Waals surface area contributed by atoms with E-state index >= 15 is 0 Å². The quantitative estimate of drug-likeness (QED) is 0.756. The van der Waals surface area contributed by atoms with Gasteiger partial charge in [-0.1, -0.05) is 0 Å². The monoisotopic (exact) mass is 172 g/mol. The third-order valence-corrected chi connectivity index (χ3v) is 2.33. The van der Waals surface area contributed by atoms with Gasteiger partial charge in [0.05, 0.1) is 0 Å². The highest BCUT2D eigenvalue weighted by Crippen LogP contribution is 2.21. The lowest BCUT2D eigenvalue weighted by Crippen LogP contribution is -1.98. The molecule has 0 aliphatic carbocycles. The van der Waals surface area contributed by atoms with Crippen LogP contribution < -0.4 is 5.73 Å². The van der Waals surface area contributed by atoms with Crippen LogP contribution >= 0.6 is 11.3 Å². The number of nitrogens with two attached hydrogens (primary N) is 1. The predicted octanol–water partition coefficient (Wildman–Crippen LogP) is 1.82. The summed E-state index contributed by atoms with van der Waals surface area (Å²) in [5.41, 5.74) is 5.46. The molecule has 0 aliphatic heterocycles. The molecule has 4 heteroatoms.